The molecule has 3 atom stereocenters. The summed E-state index contributed by atoms with van der Waals surface area (Å²) in [6.07, 6.45) is 2.96. The van der Waals surface area contributed by atoms with Gasteiger partial charge in [-0.05, 0) is 23.6 Å². The molecule has 0 unspecified atom stereocenters. The third kappa shape index (κ3) is 9.55. The number of rotatable bonds is 11. The SMILES string of the molecule is O=C(CCCC[C@@H]1SC[C@@H]2NC(=O)N[C@@H]21)NCCNC(=O)CSS(=O)(=O)[O-].[Na+]. The Labute approximate surface area is 194 Å². The van der Waals surface area contributed by atoms with Crippen molar-refractivity contribution in [2.75, 3.05) is 24.6 Å². The summed E-state index contributed by atoms with van der Waals surface area (Å²) in [5, 5.41) is 11.3. The standard InChI is InChI=1S/C14H24N4O6S3.Na/c19-11(15-5-6-16-12(20)8-26-27(22,23)24)4-2-1-3-10-13-9(7-25-10)17-14(21)18-13;/h9-10,13H,1-8H2,(H,15,19)(H,16,20)(H2,17,18,21)(H,22,23,24);/q;+1/p-1/t9-,10-,13-;/m0./s1. The van der Waals surface area contributed by atoms with E-state index in [1.54, 1.807) is 0 Å². The summed E-state index contributed by atoms with van der Waals surface area (Å²) in [5.41, 5.74) is 0. The first kappa shape index (κ1) is 25.9. The summed E-state index contributed by atoms with van der Waals surface area (Å²) < 4.78 is 31.1. The minimum Gasteiger partial charge on any atom is -0.739 e. The monoisotopic (exact) mass is 462 g/mol. The van der Waals surface area contributed by atoms with Crippen molar-refractivity contribution in [1.82, 2.24) is 21.3 Å². The molecule has 4 amide bonds. The van der Waals surface area contributed by atoms with E-state index < -0.39 is 20.8 Å². The van der Waals surface area contributed by atoms with Crippen LogP contribution in [0.5, 0.6) is 0 Å². The molecular weight excluding hydrogens is 439 g/mol. The average Bonchev–Trinajstić information content (AvgIpc) is 3.12. The van der Waals surface area contributed by atoms with E-state index in [0.717, 1.165) is 25.0 Å². The van der Waals surface area contributed by atoms with Gasteiger partial charge in [-0.15, -0.1) is 0 Å². The summed E-state index contributed by atoms with van der Waals surface area (Å²) in [4.78, 5) is 34.4. The summed E-state index contributed by atoms with van der Waals surface area (Å²) in [6.45, 7) is 0.401. The van der Waals surface area contributed by atoms with Gasteiger partial charge < -0.3 is 25.8 Å². The molecular formula is C14H23N4NaO6S3. The molecule has 0 spiro atoms. The summed E-state index contributed by atoms with van der Waals surface area (Å²) in [6, 6.07) is 0.280. The molecule has 2 heterocycles. The summed E-state index contributed by atoms with van der Waals surface area (Å²) in [7, 11) is -4.46. The molecule has 2 aliphatic heterocycles. The van der Waals surface area contributed by atoms with Gasteiger partial charge in [0.25, 0.3) is 0 Å². The Morgan fingerprint density at radius 1 is 1.18 bits per heavy atom. The topological polar surface area (TPSA) is 157 Å². The first-order valence-electron chi connectivity index (χ1n) is 8.57. The Balaban J connectivity index is 0.00000392. The van der Waals surface area contributed by atoms with Gasteiger partial charge >= 0.3 is 35.6 Å². The third-order valence-corrected chi connectivity index (χ3v) is 7.58. The van der Waals surface area contributed by atoms with Crippen molar-refractivity contribution in [2.24, 2.45) is 0 Å². The zero-order valence-electron chi connectivity index (χ0n) is 15.6. The van der Waals surface area contributed by atoms with Gasteiger partial charge in [0.1, 0.15) is 9.15 Å². The molecule has 0 aromatic rings. The third-order valence-electron chi connectivity index (χ3n) is 4.18. The van der Waals surface area contributed by atoms with Crippen molar-refractivity contribution in [2.45, 2.75) is 43.0 Å². The molecule has 2 aliphatic rings. The fraction of sp³-hybridized carbons (Fsp3) is 0.786. The maximum absolute atomic E-state index is 11.7. The van der Waals surface area contributed by atoms with Gasteiger partial charge in [0.05, 0.1) is 17.8 Å². The maximum atomic E-state index is 11.7. The molecule has 28 heavy (non-hydrogen) atoms. The van der Waals surface area contributed by atoms with Crippen LogP contribution in [0.2, 0.25) is 0 Å². The number of hydrogen-bond donors (Lipinski definition) is 4. The van der Waals surface area contributed by atoms with Crippen LogP contribution in [0, 0.1) is 0 Å². The molecule has 2 rings (SSSR count). The molecule has 0 aromatic heterocycles. The number of amides is 4. The second-order valence-corrected chi connectivity index (χ2v) is 10.8. The molecule has 0 saturated carbocycles. The average molecular weight is 463 g/mol. The first-order chi connectivity index (χ1) is 12.7. The summed E-state index contributed by atoms with van der Waals surface area (Å²) >= 11 is 1.84. The number of carbonyl (C=O) groups is 3. The van der Waals surface area contributed by atoms with E-state index in [9.17, 15) is 27.4 Å². The van der Waals surface area contributed by atoms with Crippen LogP contribution in [-0.2, 0) is 18.7 Å². The fourth-order valence-corrected chi connectivity index (χ4v) is 5.59. The molecule has 2 fully saturated rings. The van der Waals surface area contributed by atoms with Crippen LogP contribution in [0.25, 0.3) is 0 Å². The zero-order chi connectivity index (χ0) is 19.9. The number of carbonyl (C=O) groups excluding carboxylic acids is 3. The van der Waals surface area contributed by atoms with Crippen molar-refractivity contribution < 1.29 is 56.9 Å². The van der Waals surface area contributed by atoms with Crippen LogP contribution in [0.1, 0.15) is 25.7 Å². The van der Waals surface area contributed by atoms with Gasteiger partial charge in [-0.1, -0.05) is 6.42 Å². The molecule has 0 bridgehead atoms. The van der Waals surface area contributed by atoms with Gasteiger partial charge in [-0.2, -0.15) is 11.8 Å². The summed E-state index contributed by atoms with van der Waals surface area (Å²) in [5.74, 6) is -0.237. The zero-order valence-corrected chi connectivity index (χ0v) is 20.0. The Morgan fingerprint density at radius 2 is 1.86 bits per heavy atom. The van der Waals surface area contributed by atoms with Gasteiger partial charge in [-0.25, -0.2) is 13.2 Å². The predicted octanol–water partition coefficient (Wildman–Crippen LogP) is -3.86. The van der Waals surface area contributed by atoms with E-state index in [1.807, 2.05) is 11.8 Å². The van der Waals surface area contributed by atoms with E-state index in [1.165, 1.54) is 0 Å². The van der Waals surface area contributed by atoms with Crippen LogP contribution >= 0.6 is 22.6 Å². The van der Waals surface area contributed by atoms with Gasteiger partial charge in [-0.3, -0.25) is 9.59 Å². The van der Waals surface area contributed by atoms with Crippen molar-refractivity contribution in [3.05, 3.63) is 0 Å². The van der Waals surface area contributed by atoms with E-state index in [-0.39, 0.29) is 77.5 Å². The fourth-order valence-electron chi connectivity index (χ4n) is 2.94. The Bertz CT molecular complexity index is 665. The predicted molar refractivity (Wildman–Crippen MR) is 102 cm³/mol. The van der Waals surface area contributed by atoms with Gasteiger partial charge in [0, 0.05) is 30.5 Å². The smallest absolute Gasteiger partial charge is 0.739 e. The first-order valence-corrected chi connectivity index (χ1v) is 12.5. The molecule has 10 nitrogen and oxygen atoms in total. The van der Waals surface area contributed by atoms with Gasteiger partial charge in [0.15, 0.2) is 0 Å². The van der Waals surface area contributed by atoms with Crippen LogP contribution < -0.4 is 50.8 Å². The maximum Gasteiger partial charge on any atom is 1.00 e. The number of thioether (sulfide) groups is 1. The minimum atomic E-state index is -4.48. The minimum absolute atomic E-state index is 0. The van der Waals surface area contributed by atoms with Crippen LogP contribution in [-0.4, -0.2) is 72.7 Å². The van der Waals surface area contributed by atoms with Crippen molar-refractivity contribution in [1.29, 1.82) is 0 Å². The van der Waals surface area contributed by atoms with Crippen molar-refractivity contribution in [3.63, 3.8) is 0 Å². The number of hydrogen-bond acceptors (Lipinski definition) is 8. The molecule has 14 heteroatoms. The molecule has 4 N–H and O–H groups in total. The second kappa shape index (κ2) is 12.5. The van der Waals surface area contributed by atoms with Crippen LogP contribution in [0.3, 0.4) is 0 Å². The number of unbranched alkanes of at least 4 members (excludes halogenated alkanes) is 1. The quantitative estimate of drug-likeness (QED) is 0.0799. The molecule has 2 saturated heterocycles. The largest absolute Gasteiger partial charge is 1.00 e. The molecule has 0 aromatic carbocycles. The van der Waals surface area contributed by atoms with E-state index >= 15 is 0 Å². The molecule has 0 aliphatic carbocycles. The Hall–Kier alpha value is -0.180. The van der Waals surface area contributed by atoms with E-state index in [4.69, 9.17) is 0 Å². The number of nitrogens with one attached hydrogen (secondary N) is 4. The van der Waals surface area contributed by atoms with Crippen LogP contribution in [0.4, 0.5) is 4.79 Å². The molecule has 154 valence electrons. The van der Waals surface area contributed by atoms with E-state index in [0.29, 0.717) is 11.7 Å². The Morgan fingerprint density at radius 3 is 2.54 bits per heavy atom. The van der Waals surface area contributed by atoms with E-state index in [2.05, 4.69) is 21.3 Å². The van der Waals surface area contributed by atoms with Gasteiger partial charge in [0.2, 0.25) is 11.8 Å². The van der Waals surface area contributed by atoms with Crippen molar-refractivity contribution in [3.8, 4) is 0 Å². The normalized spacial score (nSPS) is 23.2. The Kier molecular flexibility index (Phi) is 11.5. The number of fused-ring (bicyclic) bond motifs is 1. The van der Waals surface area contributed by atoms with Crippen LogP contribution in [0.15, 0.2) is 0 Å². The number of urea groups is 1. The van der Waals surface area contributed by atoms with Crippen molar-refractivity contribution >= 4 is 49.6 Å². The second-order valence-electron chi connectivity index (χ2n) is 6.24. The molecule has 0 radical (unpaired) electrons.